The van der Waals surface area contributed by atoms with Gasteiger partial charge in [0, 0.05) is 5.54 Å². The number of rotatable bonds is 10. The smallest absolute Gasteiger partial charge is 0.408 e. The number of aliphatic hydroxyl groups excluding tert-OH is 1. The van der Waals surface area contributed by atoms with Crippen LogP contribution in [0.1, 0.15) is 65.1 Å². The van der Waals surface area contributed by atoms with Crippen molar-refractivity contribution in [1.29, 1.82) is 0 Å². The molecule has 0 bridgehead atoms. The maximum atomic E-state index is 13.8. The average molecular weight is 494 g/mol. The molecule has 0 heterocycles. The van der Waals surface area contributed by atoms with Crippen molar-refractivity contribution in [2.75, 3.05) is 20.3 Å². The zero-order chi connectivity index (χ0) is 27.0. The summed E-state index contributed by atoms with van der Waals surface area (Å²) in [5, 5.41) is 14.9. The number of nitrogens with one attached hydrogen (secondary N) is 2. The largest absolute Gasteiger partial charge is 0.468 e. The van der Waals surface area contributed by atoms with Crippen LogP contribution in [0.4, 0.5) is 4.79 Å². The number of alkyl carbamates (subject to hydrolysis) is 1. The highest BCUT2D eigenvalue weighted by molar-refractivity contribution is 5.93. The van der Waals surface area contributed by atoms with E-state index in [0.29, 0.717) is 12.0 Å². The Morgan fingerprint density at radius 2 is 1.74 bits per heavy atom. The molecule has 10 heteroatoms. The number of carbonyl (C=O) groups is 4. The van der Waals surface area contributed by atoms with Crippen molar-refractivity contribution in [1.82, 2.24) is 15.5 Å². The fraction of sp³-hybridized carbons (Fsp3) is 0.600. The lowest BCUT2D eigenvalue weighted by molar-refractivity contribution is -0.150. The van der Waals surface area contributed by atoms with Gasteiger partial charge in [0.1, 0.15) is 24.2 Å². The van der Waals surface area contributed by atoms with E-state index in [1.165, 1.54) is 12.0 Å². The van der Waals surface area contributed by atoms with Crippen LogP contribution in [0, 0.1) is 6.92 Å². The fourth-order valence-electron chi connectivity index (χ4n) is 3.33. The average Bonchev–Trinajstić information content (AvgIpc) is 2.77. The molecule has 1 aromatic carbocycles. The van der Waals surface area contributed by atoms with Gasteiger partial charge in [0.2, 0.25) is 11.8 Å². The molecule has 2 unspecified atom stereocenters. The third kappa shape index (κ3) is 8.86. The van der Waals surface area contributed by atoms with Gasteiger partial charge >= 0.3 is 12.1 Å². The number of aryl methyl sites for hydroxylation is 1. The molecule has 2 atom stereocenters. The Morgan fingerprint density at radius 3 is 2.23 bits per heavy atom. The van der Waals surface area contributed by atoms with E-state index in [-0.39, 0.29) is 6.54 Å². The van der Waals surface area contributed by atoms with Crippen LogP contribution in [0.2, 0.25) is 0 Å². The molecule has 1 aromatic rings. The molecule has 35 heavy (non-hydrogen) atoms. The minimum atomic E-state index is -1.36. The Morgan fingerprint density at radius 1 is 1.11 bits per heavy atom. The van der Waals surface area contributed by atoms with Crippen molar-refractivity contribution >= 4 is 23.9 Å². The van der Waals surface area contributed by atoms with E-state index in [2.05, 4.69) is 15.4 Å². The lowest BCUT2D eigenvalue weighted by Gasteiger charge is -2.44. The molecule has 0 aromatic heterocycles. The van der Waals surface area contributed by atoms with Crippen LogP contribution in [-0.4, -0.2) is 71.3 Å². The number of benzene rings is 1. The van der Waals surface area contributed by atoms with Crippen molar-refractivity contribution in [2.24, 2.45) is 0 Å². The summed E-state index contributed by atoms with van der Waals surface area (Å²) in [4.78, 5) is 52.6. The number of methoxy groups -OCH3 is 1. The maximum absolute atomic E-state index is 13.8. The van der Waals surface area contributed by atoms with E-state index in [9.17, 15) is 24.3 Å². The summed E-state index contributed by atoms with van der Waals surface area (Å²) in [6, 6.07) is 4.56. The SMILES string of the molecule is CCC(C)(C)N(C(=O)C(CO)NC(=O)OC(C)(C)C)C(C(=O)NCC(=O)OC)c1cccc(C)c1. The number of carbonyl (C=O) groups excluding carboxylic acids is 4. The van der Waals surface area contributed by atoms with E-state index in [0.717, 1.165) is 5.56 Å². The van der Waals surface area contributed by atoms with Crippen LogP contribution in [0.25, 0.3) is 0 Å². The van der Waals surface area contributed by atoms with Crippen LogP contribution in [0.5, 0.6) is 0 Å². The number of esters is 1. The predicted molar refractivity (Wildman–Crippen MR) is 130 cm³/mol. The molecule has 196 valence electrons. The van der Waals surface area contributed by atoms with Gasteiger partial charge in [0.05, 0.1) is 13.7 Å². The first-order valence-electron chi connectivity index (χ1n) is 11.5. The lowest BCUT2D eigenvalue weighted by atomic mass is 9.91. The van der Waals surface area contributed by atoms with Gasteiger partial charge in [-0.2, -0.15) is 0 Å². The molecular formula is C25H39N3O7. The molecular weight excluding hydrogens is 454 g/mol. The zero-order valence-corrected chi connectivity index (χ0v) is 21.9. The van der Waals surface area contributed by atoms with Crippen molar-refractivity contribution in [2.45, 2.75) is 78.1 Å². The van der Waals surface area contributed by atoms with Gasteiger partial charge in [-0.3, -0.25) is 14.4 Å². The lowest BCUT2D eigenvalue weighted by Crippen LogP contribution is -2.60. The van der Waals surface area contributed by atoms with Crippen molar-refractivity contribution in [3.8, 4) is 0 Å². The number of aliphatic hydroxyl groups is 1. The molecule has 0 spiro atoms. The third-order valence-corrected chi connectivity index (χ3v) is 5.43. The van der Waals surface area contributed by atoms with E-state index >= 15 is 0 Å². The van der Waals surface area contributed by atoms with E-state index < -0.39 is 53.7 Å². The molecule has 10 nitrogen and oxygen atoms in total. The van der Waals surface area contributed by atoms with Crippen LogP contribution < -0.4 is 10.6 Å². The van der Waals surface area contributed by atoms with Crippen LogP contribution in [-0.2, 0) is 23.9 Å². The first-order valence-corrected chi connectivity index (χ1v) is 11.5. The van der Waals surface area contributed by atoms with Gasteiger partial charge in [-0.15, -0.1) is 0 Å². The normalized spacial score (nSPS) is 13.3. The minimum Gasteiger partial charge on any atom is -0.468 e. The highest BCUT2D eigenvalue weighted by Gasteiger charge is 2.43. The molecule has 3 N–H and O–H groups in total. The molecule has 0 aliphatic carbocycles. The summed E-state index contributed by atoms with van der Waals surface area (Å²) in [5.41, 5.74) is -0.318. The van der Waals surface area contributed by atoms with Gasteiger partial charge in [-0.05, 0) is 53.5 Å². The quantitative estimate of drug-likeness (QED) is 0.426. The molecule has 0 radical (unpaired) electrons. The number of ether oxygens (including phenoxy) is 2. The summed E-state index contributed by atoms with van der Waals surface area (Å²) in [6.45, 7) is 11.2. The molecule has 1 rings (SSSR count). The Balaban J connectivity index is 3.52. The van der Waals surface area contributed by atoms with E-state index in [1.54, 1.807) is 52.8 Å². The van der Waals surface area contributed by atoms with Gasteiger partial charge in [-0.1, -0.05) is 36.8 Å². The highest BCUT2D eigenvalue weighted by Crippen LogP contribution is 2.32. The van der Waals surface area contributed by atoms with Gasteiger partial charge in [0.15, 0.2) is 0 Å². The van der Waals surface area contributed by atoms with Gasteiger partial charge < -0.3 is 30.1 Å². The molecule has 0 saturated carbocycles. The number of hydrogen-bond acceptors (Lipinski definition) is 7. The summed E-state index contributed by atoms with van der Waals surface area (Å²) >= 11 is 0. The molecule has 0 fully saturated rings. The molecule has 0 aliphatic rings. The second kappa shape index (κ2) is 12.5. The second-order valence-corrected chi connectivity index (χ2v) is 9.87. The zero-order valence-electron chi connectivity index (χ0n) is 21.9. The second-order valence-electron chi connectivity index (χ2n) is 9.87. The van der Waals surface area contributed by atoms with Gasteiger partial charge in [-0.25, -0.2) is 4.79 Å². The van der Waals surface area contributed by atoms with E-state index in [1.807, 2.05) is 19.9 Å². The maximum Gasteiger partial charge on any atom is 0.408 e. The first-order chi connectivity index (χ1) is 16.2. The standard InChI is InChI=1S/C25H39N3O7/c1-9-25(6,7)28(22(32)18(15-29)27-23(33)35-24(3,4)5)20(17-12-10-11-16(2)13-17)21(31)26-14-19(30)34-8/h10-13,18,20,29H,9,14-15H2,1-8H3,(H,26,31)(H,27,33). The summed E-state index contributed by atoms with van der Waals surface area (Å²) in [6.07, 6.45) is -0.419. The Bertz CT molecular complexity index is 909. The van der Waals surface area contributed by atoms with Crippen LogP contribution >= 0.6 is 0 Å². The van der Waals surface area contributed by atoms with Crippen molar-refractivity contribution in [3.63, 3.8) is 0 Å². The molecule has 3 amide bonds. The molecule has 0 aliphatic heterocycles. The minimum absolute atomic E-state index is 0.383. The third-order valence-electron chi connectivity index (χ3n) is 5.43. The first kappa shape index (κ1) is 29.9. The Labute approximate surface area is 207 Å². The molecule has 0 saturated heterocycles. The number of nitrogens with zero attached hydrogens (tertiary/aromatic N) is 1. The summed E-state index contributed by atoms with van der Waals surface area (Å²) in [7, 11) is 1.21. The van der Waals surface area contributed by atoms with Crippen LogP contribution in [0.3, 0.4) is 0 Å². The van der Waals surface area contributed by atoms with Crippen LogP contribution in [0.15, 0.2) is 24.3 Å². The monoisotopic (exact) mass is 493 g/mol. The van der Waals surface area contributed by atoms with E-state index in [4.69, 9.17) is 4.74 Å². The number of hydrogen-bond donors (Lipinski definition) is 3. The topological polar surface area (TPSA) is 134 Å². The number of amides is 3. The summed E-state index contributed by atoms with van der Waals surface area (Å²) in [5.74, 6) is -1.93. The summed E-state index contributed by atoms with van der Waals surface area (Å²) < 4.78 is 9.85. The van der Waals surface area contributed by atoms with Crippen molar-refractivity contribution in [3.05, 3.63) is 35.4 Å². The fourth-order valence-corrected chi connectivity index (χ4v) is 3.33. The highest BCUT2D eigenvalue weighted by atomic mass is 16.6. The van der Waals surface area contributed by atoms with Gasteiger partial charge in [0.25, 0.3) is 0 Å². The Kier molecular flexibility index (Phi) is 10.7. The predicted octanol–water partition coefficient (Wildman–Crippen LogP) is 2.23. The van der Waals surface area contributed by atoms with Crippen molar-refractivity contribution < 1.29 is 33.8 Å². The Hall–Kier alpha value is -3.14.